The van der Waals surface area contributed by atoms with Crippen LogP contribution in [0.1, 0.15) is 17.4 Å². The van der Waals surface area contributed by atoms with E-state index in [0.29, 0.717) is 17.8 Å². The first-order chi connectivity index (χ1) is 7.22. The van der Waals surface area contributed by atoms with Crippen molar-refractivity contribution < 1.29 is 9.53 Å². The van der Waals surface area contributed by atoms with Crippen molar-refractivity contribution in [3.8, 4) is 0 Å². The first-order valence-corrected chi connectivity index (χ1v) is 4.77. The molecule has 0 fully saturated rings. The standard InChI is InChI=1S/C9H8ClN3O2/c1-2-15-8(14)7-4-3-6-5-11-9(10)12-13(6)7/h3-5H,2H2,1H3. The Morgan fingerprint density at radius 2 is 2.40 bits per heavy atom. The van der Waals surface area contributed by atoms with Gasteiger partial charge >= 0.3 is 5.97 Å². The molecule has 5 nitrogen and oxygen atoms in total. The molecule has 0 spiro atoms. The van der Waals surface area contributed by atoms with Gasteiger partial charge in [-0.15, -0.1) is 5.10 Å². The molecule has 15 heavy (non-hydrogen) atoms. The highest BCUT2D eigenvalue weighted by atomic mass is 35.5. The summed E-state index contributed by atoms with van der Waals surface area (Å²) in [6.07, 6.45) is 1.54. The van der Waals surface area contributed by atoms with E-state index in [4.69, 9.17) is 16.3 Å². The van der Waals surface area contributed by atoms with Gasteiger partial charge in [-0.2, -0.15) is 0 Å². The molecule has 0 radical (unpaired) electrons. The van der Waals surface area contributed by atoms with Crippen LogP contribution in [-0.2, 0) is 4.74 Å². The number of esters is 1. The summed E-state index contributed by atoms with van der Waals surface area (Å²) in [5.74, 6) is -0.424. The normalized spacial score (nSPS) is 10.5. The topological polar surface area (TPSA) is 56.5 Å². The zero-order chi connectivity index (χ0) is 10.8. The van der Waals surface area contributed by atoms with Crippen LogP contribution in [0, 0.1) is 0 Å². The maximum atomic E-state index is 11.5. The number of fused-ring (bicyclic) bond motifs is 1. The zero-order valence-electron chi connectivity index (χ0n) is 7.98. The number of carbonyl (C=O) groups excluding carboxylic acids is 1. The Balaban J connectivity index is 2.52. The average molecular weight is 226 g/mol. The summed E-state index contributed by atoms with van der Waals surface area (Å²) in [4.78, 5) is 15.3. The highest BCUT2D eigenvalue weighted by Gasteiger charge is 2.12. The van der Waals surface area contributed by atoms with Crippen molar-refractivity contribution in [1.29, 1.82) is 0 Å². The van der Waals surface area contributed by atoms with Gasteiger partial charge in [0.05, 0.1) is 18.3 Å². The number of aromatic nitrogens is 3. The van der Waals surface area contributed by atoms with Gasteiger partial charge in [0.1, 0.15) is 0 Å². The van der Waals surface area contributed by atoms with Crippen LogP contribution in [0.25, 0.3) is 5.52 Å². The Morgan fingerprint density at radius 3 is 3.13 bits per heavy atom. The van der Waals surface area contributed by atoms with Crippen LogP contribution >= 0.6 is 11.6 Å². The Bertz CT molecular complexity index is 509. The van der Waals surface area contributed by atoms with E-state index >= 15 is 0 Å². The Kier molecular flexibility index (Phi) is 2.55. The number of hydrogen-bond donors (Lipinski definition) is 0. The summed E-state index contributed by atoms with van der Waals surface area (Å²) in [5.41, 5.74) is 1.04. The lowest BCUT2D eigenvalue weighted by Gasteiger charge is -2.01. The highest BCUT2D eigenvalue weighted by molar-refractivity contribution is 6.28. The van der Waals surface area contributed by atoms with Gasteiger partial charge in [0.15, 0.2) is 5.69 Å². The fourth-order valence-electron chi connectivity index (χ4n) is 1.24. The molecule has 2 aromatic rings. The van der Waals surface area contributed by atoms with Crippen molar-refractivity contribution in [2.24, 2.45) is 0 Å². The average Bonchev–Trinajstić information content (AvgIpc) is 2.60. The lowest BCUT2D eigenvalue weighted by atomic mass is 10.4. The molecule has 0 atom stereocenters. The van der Waals surface area contributed by atoms with Gasteiger partial charge in [-0.25, -0.2) is 14.3 Å². The van der Waals surface area contributed by atoms with E-state index in [9.17, 15) is 4.79 Å². The fraction of sp³-hybridized carbons (Fsp3) is 0.222. The molecule has 0 aliphatic heterocycles. The van der Waals surface area contributed by atoms with Crippen LogP contribution in [0.5, 0.6) is 0 Å². The van der Waals surface area contributed by atoms with Crippen LogP contribution in [0.3, 0.4) is 0 Å². The number of ether oxygens (including phenoxy) is 1. The van der Waals surface area contributed by atoms with E-state index in [1.165, 1.54) is 10.7 Å². The molecule has 0 saturated carbocycles. The van der Waals surface area contributed by atoms with Crippen molar-refractivity contribution in [2.75, 3.05) is 6.61 Å². The van der Waals surface area contributed by atoms with Crippen molar-refractivity contribution >= 4 is 23.1 Å². The largest absolute Gasteiger partial charge is 0.461 e. The third-order valence-corrected chi connectivity index (χ3v) is 2.03. The van der Waals surface area contributed by atoms with Gasteiger partial charge in [-0.05, 0) is 30.7 Å². The summed E-state index contributed by atoms with van der Waals surface area (Å²) in [5, 5.41) is 4.00. The number of halogens is 1. The lowest BCUT2D eigenvalue weighted by Crippen LogP contribution is -2.09. The number of hydrogen-bond acceptors (Lipinski definition) is 4. The molecular weight excluding hydrogens is 218 g/mol. The van der Waals surface area contributed by atoms with E-state index in [1.54, 1.807) is 19.1 Å². The number of nitrogens with zero attached hydrogens (tertiary/aromatic N) is 3. The van der Waals surface area contributed by atoms with Crippen LogP contribution in [0.2, 0.25) is 5.28 Å². The van der Waals surface area contributed by atoms with Gasteiger partial charge in [0, 0.05) is 0 Å². The zero-order valence-corrected chi connectivity index (χ0v) is 8.73. The maximum absolute atomic E-state index is 11.5. The van der Waals surface area contributed by atoms with Crippen molar-refractivity contribution in [2.45, 2.75) is 6.92 Å². The van der Waals surface area contributed by atoms with E-state index in [1.807, 2.05) is 0 Å². The van der Waals surface area contributed by atoms with Gasteiger partial charge < -0.3 is 4.74 Å². The predicted molar refractivity (Wildman–Crippen MR) is 54.0 cm³/mol. The van der Waals surface area contributed by atoms with Gasteiger partial charge in [-0.1, -0.05) is 0 Å². The SMILES string of the molecule is CCOC(=O)c1ccc2cnc(Cl)nn12. The Hall–Kier alpha value is -1.62. The molecule has 2 aromatic heterocycles. The molecule has 0 amide bonds. The Morgan fingerprint density at radius 1 is 1.60 bits per heavy atom. The summed E-state index contributed by atoms with van der Waals surface area (Å²) < 4.78 is 6.28. The lowest BCUT2D eigenvalue weighted by molar-refractivity contribution is 0.0517. The molecule has 0 aromatic carbocycles. The van der Waals surface area contributed by atoms with E-state index in [2.05, 4.69) is 10.1 Å². The summed E-state index contributed by atoms with van der Waals surface area (Å²) in [7, 11) is 0. The summed E-state index contributed by atoms with van der Waals surface area (Å²) in [6, 6.07) is 3.35. The predicted octanol–water partition coefficient (Wildman–Crippen LogP) is 1.56. The van der Waals surface area contributed by atoms with Crippen LogP contribution < -0.4 is 0 Å². The van der Waals surface area contributed by atoms with E-state index in [-0.39, 0.29) is 5.28 Å². The fourth-order valence-corrected chi connectivity index (χ4v) is 1.37. The second-order valence-electron chi connectivity index (χ2n) is 2.80. The molecule has 0 aliphatic rings. The first kappa shape index (κ1) is 9.92. The molecule has 78 valence electrons. The maximum Gasteiger partial charge on any atom is 0.356 e. The Labute approximate surface area is 90.6 Å². The smallest absolute Gasteiger partial charge is 0.356 e. The molecule has 2 rings (SSSR count). The molecule has 6 heteroatoms. The van der Waals surface area contributed by atoms with E-state index < -0.39 is 5.97 Å². The van der Waals surface area contributed by atoms with Crippen LogP contribution in [-0.4, -0.2) is 27.2 Å². The molecule has 2 heterocycles. The minimum atomic E-state index is -0.424. The summed E-state index contributed by atoms with van der Waals surface area (Å²) >= 11 is 5.63. The molecule has 0 N–H and O–H groups in total. The van der Waals surface area contributed by atoms with Crippen LogP contribution in [0.4, 0.5) is 0 Å². The molecule has 0 saturated heterocycles. The van der Waals surface area contributed by atoms with Gasteiger partial charge in [0.2, 0.25) is 5.28 Å². The van der Waals surface area contributed by atoms with Crippen molar-refractivity contribution in [1.82, 2.24) is 14.6 Å². The molecular formula is C9H8ClN3O2. The van der Waals surface area contributed by atoms with Crippen LogP contribution in [0.15, 0.2) is 18.3 Å². The number of rotatable bonds is 2. The van der Waals surface area contributed by atoms with Gasteiger partial charge in [-0.3, -0.25) is 0 Å². The number of carbonyl (C=O) groups is 1. The van der Waals surface area contributed by atoms with E-state index in [0.717, 1.165) is 0 Å². The third-order valence-electron chi connectivity index (χ3n) is 1.86. The monoisotopic (exact) mass is 225 g/mol. The van der Waals surface area contributed by atoms with Crippen molar-refractivity contribution in [3.63, 3.8) is 0 Å². The second-order valence-corrected chi connectivity index (χ2v) is 3.14. The molecule has 0 unspecified atom stereocenters. The first-order valence-electron chi connectivity index (χ1n) is 4.39. The quantitative estimate of drug-likeness (QED) is 0.728. The molecule has 0 bridgehead atoms. The second kappa shape index (κ2) is 3.86. The van der Waals surface area contributed by atoms with Crippen molar-refractivity contribution in [3.05, 3.63) is 29.3 Å². The minimum Gasteiger partial charge on any atom is -0.461 e. The molecule has 0 aliphatic carbocycles. The highest BCUT2D eigenvalue weighted by Crippen LogP contribution is 2.10. The third kappa shape index (κ3) is 1.78. The minimum absolute atomic E-state index is 0.0873. The summed E-state index contributed by atoms with van der Waals surface area (Å²) in [6.45, 7) is 2.07. The van der Waals surface area contributed by atoms with Gasteiger partial charge in [0.25, 0.3) is 0 Å².